The zero-order valence-electron chi connectivity index (χ0n) is 13.1. The van der Waals surface area contributed by atoms with Gasteiger partial charge in [0.1, 0.15) is 5.76 Å². The average Bonchev–Trinajstić information content (AvgIpc) is 3.06. The molecule has 0 radical (unpaired) electrons. The van der Waals surface area contributed by atoms with E-state index in [1.54, 1.807) is 25.1 Å². The fourth-order valence-corrected chi connectivity index (χ4v) is 2.70. The standard InChI is InChI=1S/C15H17N3O5S/c1-10-5-6-13(8-11(10)2)24(21,22)18-17-15(20)14(19)16-9-12-4-3-7-23-12/h3-8,18H,9H2,1-2H3,(H,16,19)(H,17,20). The highest BCUT2D eigenvalue weighted by Crippen LogP contribution is 2.13. The molecular weight excluding hydrogens is 334 g/mol. The van der Waals surface area contributed by atoms with Crippen molar-refractivity contribution in [3.63, 3.8) is 0 Å². The van der Waals surface area contributed by atoms with Crippen molar-refractivity contribution < 1.29 is 22.4 Å². The molecule has 0 aliphatic rings. The van der Waals surface area contributed by atoms with E-state index < -0.39 is 21.8 Å². The van der Waals surface area contributed by atoms with Crippen LogP contribution in [0, 0.1) is 13.8 Å². The molecule has 0 aliphatic heterocycles. The molecule has 0 unspecified atom stereocenters. The van der Waals surface area contributed by atoms with Gasteiger partial charge < -0.3 is 9.73 Å². The lowest BCUT2D eigenvalue weighted by Crippen LogP contribution is -2.48. The number of hydrazine groups is 1. The third-order valence-corrected chi connectivity index (χ3v) is 4.54. The minimum Gasteiger partial charge on any atom is -0.467 e. The SMILES string of the molecule is Cc1ccc(S(=O)(=O)NNC(=O)C(=O)NCc2ccco2)cc1C. The quantitative estimate of drug-likeness (QED) is 0.536. The molecule has 3 N–H and O–H groups in total. The smallest absolute Gasteiger partial charge is 0.324 e. The number of sulfonamides is 1. The predicted octanol–water partition coefficient (Wildman–Crippen LogP) is 0.522. The lowest BCUT2D eigenvalue weighted by atomic mass is 10.1. The number of hydrogen-bond acceptors (Lipinski definition) is 5. The van der Waals surface area contributed by atoms with Gasteiger partial charge in [-0.2, -0.15) is 0 Å². The predicted molar refractivity (Wildman–Crippen MR) is 84.9 cm³/mol. The van der Waals surface area contributed by atoms with Gasteiger partial charge in [0.25, 0.3) is 10.0 Å². The minimum atomic E-state index is -3.97. The number of aryl methyl sites for hydroxylation is 2. The molecule has 0 aliphatic carbocycles. The van der Waals surface area contributed by atoms with Gasteiger partial charge in [0.2, 0.25) is 0 Å². The summed E-state index contributed by atoms with van der Waals surface area (Å²) in [6.07, 6.45) is 1.43. The monoisotopic (exact) mass is 351 g/mol. The van der Waals surface area contributed by atoms with Gasteiger partial charge >= 0.3 is 11.8 Å². The average molecular weight is 351 g/mol. The Balaban J connectivity index is 1.91. The van der Waals surface area contributed by atoms with Crippen LogP contribution in [-0.4, -0.2) is 20.2 Å². The molecule has 1 heterocycles. The highest BCUT2D eigenvalue weighted by Gasteiger charge is 2.19. The van der Waals surface area contributed by atoms with E-state index in [1.165, 1.54) is 18.4 Å². The van der Waals surface area contributed by atoms with Crippen molar-refractivity contribution in [3.05, 3.63) is 53.5 Å². The van der Waals surface area contributed by atoms with Crippen LogP contribution in [0.2, 0.25) is 0 Å². The van der Waals surface area contributed by atoms with Gasteiger partial charge in [-0.25, -0.2) is 8.42 Å². The van der Waals surface area contributed by atoms with E-state index in [0.29, 0.717) is 5.76 Å². The largest absolute Gasteiger partial charge is 0.467 e. The number of carbonyl (C=O) groups excluding carboxylic acids is 2. The molecule has 2 amide bonds. The van der Waals surface area contributed by atoms with Crippen LogP contribution in [0.5, 0.6) is 0 Å². The molecule has 0 fully saturated rings. The Labute approximate surface area is 139 Å². The summed E-state index contributed by atoms with van der Waals surface area (Å²) < 4.78 is 29.2. The van der Waals surface area contributed by atoms with Crippen LogP contribution in [0.1, 0.15) is 16.9 Å². The molecule has 9 heteroatoms. The third-order valence-electron chi connectivity index (χ3n) is 3.30. The van der Waals surface area contributed by atoms with Crippen LogP contribution in [-0.2, 0) is 26.2 Å². The van der Waals surface area contributed by atoms with Crippen LogP contribution >= 0.6 is 0 Å². The Kier molecular flexibility index (Phi) is 5.37. The lowest BCUT2D eigenvalue weighted by molar-refractivity contribution is -0.139. The topological polar surface area (TPSA) is 118 Å². The van der Waals surface area contributed by atoms with Gasteiger partial charge in [0.15, 0.2) is 0 Å². The molecule has 1 aromatic heterocycles. The van der Waals surface area contributed by atoms with Crippen LogP contribution in [0.4, 0.5) is 0 Å². The summed E-state index contributed by atoms with van der Waals surface area (Å²) in [5.41, 5.74) is 3.60. The Bertz CT molecular complexity index is 844. The maximum Gasteiger partial charge on any atom is 0.324 e. The Morgan fingerprint density at radius 1 is 1.08 bits per heavy atom. The van der Waals surface area contributed by atoms with Crippen molar-refractivity contribution in [1.29, 1.82) is 0 Å². The second-order valence-electron chi connectivity index (χ2n) is 5.07. The summed E-state index contributed by atoms with van der Waals surface area (Å²) in [6, 6.07) is 7.80. The third kappa shape index (κ3) is 4.43. The number of amides is 2. The molecule has 2 rings (SSSR count). The second kappa shape index (κ2) is 7.28. The van der Waals surface area contributed by atoms with E-state index in [-0.39, 0.29) is 11.4 Å². The van der Waals surface area contributed by atoms with Crippen molar-refractivity contribution in [2.75, 3.05) is 0 Å². The molecule has 128 valence electrons. The van der Waals surface area contributed by atoms with Crippen molar-refractivity contribution in [1.82, 2.24) is 15.6 Å². The number of carbonyl (C=O) groups is 2. The first-order valence-corrected chi connectivity index (χ1v) is 8.47. The zero-order chi connectivity index (χ0) is 17.7. The minimum absolute atomic E-state index is 0.0121. The molecular formula is C15H17N3O5S. The van der Waals surface area contributed by atoms with E-state index in [2.05, 4.69) is 5.32 Å². The first-order chi connectivity index (χ1) is 11.3. The van der Waals surface area contributed by atoms with Gasteiger partial charge in [0.05, 0.1) is 17.7 Å². The van der Waals surface area contributed by atoms with Crippen LogP contribution in [0.25, 0.3) is 0 Å². The summed E-state index contributed by atoms with van der Waals surface area (Å²) in [5, 5.41) is 2.30. The first-order valence-electron chi connectivity index (χ1n) is 6.99. The maximum atomic E-state index is 12.1. The van der Waals surface area contributed by atoms with E-state index in [1.807, 2.05) is 17.2 Å². The number of furan rings is 1. The van der Waals surface area contributed by atoms with E-state index in [4.69, 9.17) is 4.42 Å². The first kappa shape index (κ1) is 17.7. The van der Waals surface area contributed by atoms with Gasteiger partial charge in [0, 0.05) is 0 Å². The van der Waals surface area contributed by atoms with E-state index in [9.17, 15) is 18.0 Å². The molecule has 0 atom stereocenters. The summed E-state index contributed by atoms with van der Waals surface area (Å²) >= 11 is 0. The normalized spacial score (nSPS) is 11.1. The zero-order valence-corrected chi connectivity index (χ0v) is 13.9. The molecule has 2 aromatic rings. The van der Waals surface area contributed by atoms with Crippen molar-refractivity contribution >= 4 is 21.8 Å². The Morgan fingerprint density at radius 3 is 2.46 bits per heavy atom. The van der Waals surface area contributed by atoms with Crippen molar-refractivity contribution in [3.8, 4) is 0 Å². The molecule has 8 nitrogen and oxygen atoms in total. The van der Waals surface area contributed by atoms with Crippen molar-refractivity contribution in [2.24, 2.45) is 0 Å². The highest BCUT2D eigenvalue weighted by molar-refractivity contribution is 7.89. The molecule has 24 heavy (non-hydrogen) atoms. The van der Waals surface area contributed by atoms with Crippen LogP contribution in [0.3, 0.4) is 0 Å². The second-order valence-corrected chi connectivity index (χ2v) is 6.75. The number of nitrogens with one attached hydrogen (secondary N) is 3. The van der Waals surface area contributed by atoms with Crippen LogP contribution < -0.4 is 15.6 Å². The molecule has 0 bridgehead atoms. The molecule has 0 saturated heterocycles. The Hall–Kier alpha value is -2.65. The maximum absolute atomic E-state index is 12.1. The number of hydrogen-bond donors (Lipinski definition) is 3. The highest BCUT2D eigenvalue weighted by atomic mass is 32.2. The van der Waals surface area contributed by atoms with Crippen LogP contribution in [0.15, 0.2) is 45.9 Å². The molecule has 0 saturated carbocycles. The van der Waals surface area contributed by atoms with Gasteiger partial charge in [-0.05, 0) is 49.2 Å². The fourth-order valence-electron chi connectivity index (χ4n) is 1.77. The Morgan fingerprint density at radius 2 is 1.83 bits per heavy atom. The van der Waals surface area contributed by atoms with Gasteiger partial charge in [-0.3, -0.25) is 15.0 Å². The summed E-state index contributed by atoms with van der Waals surface area (Å²) in [4.78, 5) is 25.1. The summed E-state index contributed by atoms with van der Waals surface area (Å²) in [7, 11) is -3.97. The molecule has 0 spiro atoms. The number of rotatable bonds is 5. The molecule has 1 aromatic carbocycles. The van der Waals surface area contributed by atoms with Crippen molar-refractivity contribution in [2.45, 2.75) is 25.3 Å². The van der Waals surface area contributed by atoms with Gasteiger partial charge in [-0.1, -0.05) is 6.07 Å². The number of benzene rings is 1. The lowest BCUT2D eigenvalue weighted by Gasteiger charge is -2.09. The fraction of sp³-hybridized carbons (Fsp3) is 0.200. The summed E-state index contributed by atoms with van der Waals surface area (Å²) in [5.74, 6) is -1.66. The van der Waals surface area contributed by atoms with E-state index >= 15 is 0 Å². The summed E-state index contributed by atoms with van der Waals surface area (Å²) in [6.45, 7) is 3.64. The van der Waals surface area contributed by atoms with Gasteiger partial charge in [-0.15, -0.1) is 4.83 Å². The van der Waals surface area contributed by atoms with E-state index in [0.717, 1.165) is 11.1 Å².